The van der Waals surface area contributed by atoms with Crippen LogP contribution in [0, 0.1) is 0 Å². The second-order valence-corrected chi connectivity index (χ2v) is 7.71. The normalized spacial score (nSPS) is 17.6. The van der Waals surface area contributed by atoms with Gasteiger partial charge in [-0.05, 0) is 27.7 Å². The second kappa shape index (κ2) is 5.55. The van der Waals surface area contributed by atoms with E-state index >= 15 is 0 Å². The van der Waals surface area contributed by atoms with Crippen LogP contribution in [-0.2, 0) is 0 Å². The van der Waals surface area contributed by atoms with Crippen molar-refractivity contribution in [2.45, 2.75) is 70.9 Å². The van der Waals surface area contributed by atoms with Gasteiger partial charge < -0.3 is 10.4 Å². The third-order valence-corrected chi connectivity index (χ3v) is 3.96. The van der Waals surface area contributed by atoms with Crippen LogP contribution in [0.15, 0.2) is 0 Å². The summed E-state index contributed by atoms with van der Waals surface area (Å²) in [5.41, 5.74) is -0.210. The maximum Gasteiger partial charge on any atom is 0.0688 e. The van der Waals surface area contributed by atoms with Gasteiger partial charge in [-0.2, -0.15) is 11.8 Å². The molecule has 0 saturated carbocycles. The largest absolute Gasteiger partial charge is 0.392 e. The molecule has 92 valence electrons. The van der Waals surface area contributed by atoms with Crippen LogP contribution in [-0.4, -0.2) is 33.3 Å². The number of hydrogen-bond donors (Lipinski definition) is 2. The predicted octanol–water partition coefficient (Wildman–Crippen LogP) is 2.66. The van der Waals surface area contributed by atoms with Crippen molar-refractivity contribution >= 4 is 11.8 Å². The lowest BCUT2D eigenvalue weighted by Crippen LogP contribution is -2.52. The van der Waals surface area contributed by atoms with Crippen LogP contribution < -0.4 is 5.32 Å². The van der Waals surface area contributed by atoms with Gasteiger partial charge in [0.1, 0.15) is 0 Å². The number of aliphatic hydroxyl groups excluding tert-OH is 1. The van der Waals surface area contributed by atoms with Gasteiger partial charge >= 0.3 is 0 Å². The van der Waals surface area contributed by atoms with Crippen molar-refractivity contribution < 1.29 is 5.11 Å². The number of thioether (sulfide) groups is 1. The van der Waals surface area contributed by atoms with Gasteiger partial charge in [-0.15, -0.1) is 0 Å². The Morgan fingerprint density at radius 2 is 1.60 bits per heavy atom. The minimum Gasteiger partial charge on any atom is -0.392 e. The minimum atomic E-state index is -0.334. The van der Waals surface area contributed by atoms with E-state index in [9.17, 15) is 5.11 Å². The van der Waals surface area contributed by atoms with Gasteiger partial charge in [-0.3, -0.25) is 0 Å². The molecule has 0 fully saturated rings. The number of rotatable bonds is 5. The molecule has 2 nitrogen and oxygen atoms in total. The highest BCUT2D eigenvalue weighted by molar-refractivity contribution is 8.00. The van der Waals surface area contributed by atoms with E-state index in [1.165, 1.54) is 0 Å². The molecule has 0 aliphatic rings. The van der Waals surface area contributed by atoms with Crippen LogP contribution in [0.5, 0.6) is 0 Å². The quantitative estimate of drug-likeness (QED) is 0.766. The van der Waals surface area contributed by atoms with Crippen LogP contribution in [0.1, 0.15) is 48.5 Å². The average Bonchev–Trinajstić information content (AvgIpc) is 1.98. The fourth-order valence-corrected chi connectivity index (χ4v) is 2.01. The SMILES string of the molecule is CC(CSC(C)(C)C)NC(C)(C)C(C)O. The molecule has 0 amide bonds. The zero-order valence-corrected chi connectivity index (χ0v) is 12.0. The zero-order valence-electron chi connectivity index (χ0n) is 11.2. The van der Waals surface area contributed by atoms with Gasteiger partial charge in [0, 0.05) is 22.1 Å². The summed E-state index contributed by atoms with van der Waals surface area (Å²) in [6.07, 6.45) is -0.334. The fourth-order valence-electron chi connectivity index (χ4n) is 1.17. The van der Waals surface area contributed by atoms with Gasteiger partial charge in [0.15, 0.2) is 0 Å². The summed E-state index contributed by atoms with van der Waals surface area (Å²) >= 11 is 1.95. The minimum absolute atomic E-state index is 0.210. The van der Waals surface area contributed by atoms with Crippen molar-refractivity contribution in [1.82, 2.24) is 5.32 Å². The highest BCUT2D eigenvalue weighted by Crippen LogP contribution is 2.24. The highest BCUT2D eigenvalue weighted by Gasteiger charge is 2.25. The molecule has 2 N–H and O–H groups in total. The molecule has 0 radical (unpaired) electrons. The Balaban J connectivity index is 3.99. The van der Waals surface area contributed by atoms with Crippen molar-refractivity contribution in [3.8, 4) is 0 Å². The molecule has 0 aromatic rings. The molecule has 0 aromatic carbocycles. The monoisotopic (exact) mass is 233 g/mol. The van der Waals surface area contributed by atoms with E-state index in [0.717, 1.165) is 5.75 Å². The third kappa shape index (κ3) is 7.20. The molecule has 2 atom stereocenters. The van der Waals surface area contributed by atoms with E-state index in [0.29, 0.717) is 10.8 Å². The standard InChI is InChI=1S/C12H27NOS/c1-9(8-15-11(3,4)5)13-12(6,7)10(2)14/h9-10,13-14H,8H2,1-7H3. The van der Waals surface area contributed by atoms with Gasteiger partial charge in [-0.25, -0.2) is 0 Å². The van der Waals surface area contributed by atoms with Crippen molar-refractivity contribution in [2.75, 3.05) is 5.75 Å². The molecule has 0 heterocycles. The summed E-state index contributed by atoms with van der Waals surface area (Å²) in [4.78, 5) is 0. The van der Waals surface area contributed by atoms with Gasteiger partial charge in [0.05, 0.1) is 6.10 Å². The van der Waals surface area contributed by atoms with Gasteiger partial charge in [-0.1, -0.05) is 20.8 Å². The van der Waals surface area contributed by atoms with Crippen LogP contribution in [0.3, 0.4) is 0 Å². The Labute approximate surface area is 99.2 Å². The van der Waals surface area contributed by atoms with Crippen LogP contribution in [0.25, 0.3) is 0 Å². The third-order valence-electron chi connectivity index (χ3n) is 2.43. The van der Waals surface area contributed by atoms with Crippen LogP contribution in [0.2, 0.25) is 0 Å². The van der Waals surface area contributed by atoms with Crippen molar-refractivity contribution in [3.63, 3.8) is 0 Å². The van der Waals surface area contributed by atoms with E-state index in [-0.39, 0.29) is 11.6 Å². The summed E-state index contributed by atoms with van der Waals surface area (Å²) in [7, 11) is 0. The molecular weight excluding hydrogens is 206 g/mol. The molecule has 0 spiro atoms. The Hall–Kier alpha value is 0.270. The maximum atomic E-state index is 9.59. The van der Waals surface area contributed by atoms with E-state index in [1.807, 2.05) is 32.5 Å². The Morgan fingerprint density at radius 3 is 1.93 bits per heavy atom. The van der Waals surface area contributed by atoms with Crippen molar-refractivity contribution in [2.24, 2.45) is 0 Å². The molecule has 0 aliphatic carbocycles. The summed E-state index contributed by atoms with van der Waals surface area (Å²) in [5.74, 6) is 1.07. The summed E-state index contributed by atoms with van der Waals surface area (Å²) in [6, 6.07) is 0.416. The molecular formula is C12H27NOS. The lowest BCUT2D eigenvalue weighted by Gasteiger charge is -2.33. The molecule has 0 rings (SSSR count). The first-order valence-corrected chi connectivity index (χ1v) is 6.63. The first-order chi connectivity index (χ1) is 6.54. The zero-order chi connectivity index (χ0) is 12.3. The molecule has 0 aromatic heterocycles. The van der Waals surface area contributed by atoms with Crippen LogP contribution in [0.4, 0.5) is 0 Å². The molecule has 0 aliphatic heterocycles. The van der Waals surface area contributed by atoms with Crippen molar-refractivity contribution in [3.05, 3.63) is 0 Å². The molecule has 0 saturated heterocycles. The average molecular weight is 233 g/mol. The number of aliphatic hydroxyl groups is 1. The number of hydrogen-bond acceptors (Lipinski definition) is 3. The summed E-state index contributed by atoms with van der Waals surface area (Å²) in [5, 5.41) is 13.0. The lowest BCUT2D eigenvalue weighted by molar-refractivity contribution is 0.0914. The van der Waals surface area contributed by atoms with Crippen LogP contribution >= 0.6 is 11.8 Å². The summed E-state index contributed by atoms with van der Waals surface area (Å²) < 4.78 is 0.310. The Kier molecular flexibility index (Phi) is 5.65. The topological polar surface area (TPSA) is 32.3 Å². The highest BCUT2D eigenvalue weighted by atomic mass is 32.2. The smallest absolute Gasteiger partial charge is 0.0688 e. The van der Waals surface area contributed by atoms with Gasteiger partial charge in [0.25, 0.3) is 0 Å². The van der Waals surface area contributed by atoms with E-state index in [1.54, 1.807) is 0 Å². The molecule has 15 heavy (non-hydrogen) atoms. The van der Waals surface area contributed by atoms with E-state index < -0.39 is 0 Å². The first kappa shape index (κ1) is 15.3. The Morgan fingerprint density at radius 1 is 1.13 bits per heavy atom. The molecule has 0 bridgehead atoms. The van der Waals surface area contributed by atoms with Gasteiger partial charge in [0.2, 0.25) is 0 Å². The van der Waals surface area contributed by atoms with Crippen molar-refractivity contribution in [1.29, 1.82) is 0 Å². The van der Waals surface area contributed by atoms with E-state index in [4.69, 9.17) is 0 Å². The number of nitrogens with one attached hydrogen (secondary N) is 1. The predicted molar refractivity (Wildman–Crippen MR) is 70.6 cm³/mol. The second-order valence-electron chi connectivity index (χ2n) is 5.87. The summed E-state index contributed by atoms with van der Waals surface area (Å²) in [6.45, 7) is 14.8. The lowest BCUT2D eigenvalue weighted by atomic mass is 9.98. The fraction of sp³-hybridized carbons (Fsp3) is 1.00. The molecule has 2 unspecified atom stereocenters. The first-order valence-electron chi connectivity index (χ1n) is 5.64. The Bertz CT molecular complexity index is 185. The van der Waals surface area contributed by atoms with E-state index in [2.05, 4.69) is 33.0 Å². The molecule has 3 heteroatoms. The maximum absolute atomic E-state index is 9.59.